The Labute approximate surface area is 128 Å². The zero-order chi connectivity index (χ0) is 15.6. The third-order valence-corrected chi connectivity index (χ3v) is 3.27. The van der Waals surface area contributed by atoms with Gasteiger partial charge in [-0.1, -0.05) is 28.1 Å². The molecule has 0 aliphatic heterocycles. The molecule has 0 fully saturated rings. The van der Waals surface area contributed by atoms with Gasteiger partial charge in [0, 0.05) is 16.1 Å². The quantitative estimate of drug-likeness (QED) is 0.653. The van der Waals surface area contributed by atoms with Crippen LogP contribution >= 0.6 is 15.9 Å². The Hall–Kier alpha value is -1.99. The van der Waals surface area contributed by atoms with Gasteiger partial charge in [-0.2, -0.15) is 0 Å². The number of aliphatic hydroxyl groups excluding tert-OH is 1. The molecule has 21 heavy (non-hydrogen) atoms. The molecule has 2 aromatic rings. The van der Waals surface area contributed by atoms with Crippen LogP contribution in [0.4, 0.5) is 10.1 Å². The minimum absolute atomic E-state index is 0.102. The lowest BCUT2D eigenvalue weighted by atomic mass is 10.1. The van der Waals surface area contributed by atoms with Crippen molar-refractivity contribution < 1.29 is 19.2 Å². The van der Waals surface area contributed by atoms with Crippen LogP contribution in [0.5, 0.6) is 11.5 Å². The molecule has 0 saturated carbocycles. The van der Waals surface area contributed by atoms with Crippen LogP contribution in [0.25, 0.3) is 0 Å². The molecule has 0 radical (unpaired) electrons. The van der Waals surface area contributed by atoms with E-state index in [1.807, 2.05) is 0 Å². The number of halogens is 2. The Bertz CT molecular complexity index is 691. The van der Waals surface area contributed by atoms with Crippen molar-refractivity contribution in [3.8, 4) is 11.5 Å². The number of rotatable bonds is 4. The summed E-state index contributed by atoms with van der Waals surface area (Å²) in [6.07, 6.45) is -0.967. The fourth-order valence-corrected chi connectivity index (χ4v) is 2.14. The molecular formula is C14H11BrFNO4. The largest absolute Gasteiger partial charge is 0.447 e. The molecule has 0 unspecified atom stereocenters. The molecule has 0 amide bonds. The fourth-order valence-electron chi connectivity index (χ4n) is 1.79. The van der Waals surface area contributed by atoms with Crippen LogP contribution in [-0.2, 0) is 0 Å². The lowest BCUT2D eigenvalue weighted by molar-refractivity contribution is -0.385. The second kappa shape index (κ2) is 6.19. The van der Waals surface area contributed by atoms with E-state index in [9.17, 15) is 19.6 Å². The molecule has 1 N–H and O–H groups in total. The molecule has 0 heterocycles. The van der Waals surface area contributed by atoms with Gasteiger partial charge < -0.3 is 9.84 Å². The highest BCUT2D eigenvalue weighted by atomic mass is 79.9. The van der Waals surface area contributed by atoms with Gasteiger partial charge in [0.2, 0.25) is 5.75 Å². The third kappa shape index (κ3) is 3.37. The van der Waals surface area contributed by atoms with Crippen molar-refractivity contribution in [1.29, 1.82) is 0 Å². The van der Waals surface area contributed by atoms with Crippen LogP contribution in [0.1, 0.15) is 18.6 Å². The molecule has 0 saturated heterocycles. The smallest absolute Gasteiger partial charge is 0.312 e. The van der Waals surface area contributed by atoms with Gasteiger partial charge in [-0.3, -0.25) is 10.1 Å². The van der Waals surface area contributed by atoms with Gasteiger partial charge >= 0.3 is 5.69 Å². The van der Waals surface area contributed by atoms with Crippen molar-refractivity contribution >= 4 is 21.6 Å². The zero-order valence-corrected chi connectivity index (χ0v) is 12.5. The molecule has 0 aromatic heterocycles. The van der Waals surface area contributed by atoms with Crippen LogP contribution in [0, 0.1) is 15.9 Å². The first-order chi connectivity index (χ1) is 9.90. The van der Waals surface area contributed by atoms with E-state index >= 15 is 0 Å². The molecule has 0 aliphatic carbocycles. The maximum atomic E-state index is 13.9. The molecule has 5 nitrogen and oxygen atoms in total. The minimum Gasteiger partial charge on any atom is -0.447 e. The van der Waals surface area contributed by atoms with Crippen LogP contribution in [0.3, 0.4) is 0 Å². The van der Waals surface area contributed by atoms with E-state index in [1.165, 1.54) is 31.2 Å². The summed E-state index contributed by atoms with van der Waals surface area (Å²) in [4.78, 5) is 10.4. The van der Waals surface area contributed by atoms with E-state index in [0.717, 1.165) is 6.07 Å². The lowest BCUT2D eigenvalue weighted by Gasteiger charge is -2.14. The van der Waals surface area contributed by atoms with E-state index < -0.39 is 16.8 Å². The normalized spacial score (nSPS) is 12.0. The standard InChI is InChI=1S/C14H11BrFNO4/c1-8(18)10-3-2-4-11(16)14(10)21-13-6-5-9(15)7-12(13)17(19)20/h2-8,18H,1H3/t8-/m1/s1. The van der Waals surface area contributed by atoms with E-state index in [1.54, 1.807) is 6.07 Å². The molecule has 0 spiro atoms. The minimum atomic E-state index is -0.967. The maximum absolute atomic E-state index is 13.9. The highest BCUT2D eigenvalue weighted by molar-refractivity contribution is 9.10. The maximum Gasteiger partial charge on any atom is 0.312 e. The third-order valence-electron chi connectivity index (χ3n) is 2.78. The van der Waals surface area contributed by atoms with Crippen molar-refractivity contribution in [2.45, 2.75) is 13.0 Å². The van der Waals surface area contributed by atoms with E-state index in [4.69, 9.17) is 4.74 Å². The molecule has 0 aliphatic rings. The van der Waals surface area contributed by atoms with Gasteiger partial charge in [-0.25, -0.2) is 4.39 Å². The SMILES string of the molecule is C[C@@H](O)c1cccc(F)c1Oc1ccc(Br)cc1[N+](=O)[O-]. The zero-order valence-electron chi connectivity index (χ0n) is 10.9. The molecule has 0 bridgehead atoms. The number of ether oxygens (including phenoxy) is 1. The van der Waals surface area contributed by atoms with Gasteiger partial charge in [0.05, 0.1) is 11.0 Å². The van der Waals surface area contributed by atoms with Gasteiger partial charge in [0.1, 0.15) is 0 Å². The Kier molecular flexibility index (Phi) is 4.54. The summed E-state index contributed by atoms with van der Waals surface area (Å²) in [6, 6.07) is 8.25. The van der Waals surface area contributed by atoms with E-state index in [2.05, 4.69) is 15.9 Å². The predicted octanol–water partition coefficient (Wildman–Crippen LogP) is 4.34. The highest BCUT2D eigenvalue weighted by Gasteiger charge is 2.20. The van der Waals surface area contributed by atoms with E-state index in [-0.39, 0.29) is 22.7 Å². The number of nitro benzene ring substituents is 1. The van der Waals surface area contributed by atoms with Crippen LogP contribution in [0.2, 0.25) is 0 Å². The summed E-state index contributed by atoms with van der Waals surface area (Å²) in [6.45, 7) is 1.46. The van der Waals surface area contributed by atoms with Crippen LogP contribution in [-0.4, -0.2) is 10.0 Å². The Balaban J connectivity index is 2.51. The Morgan fingerprint density at radius 2 is 2.10 bits per heavy atom. The van der Waals surface area contributed by atoms with Gasteiger partial charge in [-0.05, 0) is 25.1 Å². The lowest BCUT2D eigenvalue weighted by Crippen LogP contribution is -2.00. The van der Waals surface area contributed by atoms with Crippen molar-refractivity contribution in [3.05, 3.63) is 62.4 Å². The summed E-state index contributed by atoms with van der Waals surface area (Å²) in [7, 11) is 0. The summed E-state index contributed by atoms with van der Waals surface area (Å²) in [5, 5.41) is 20.7. The first-order valence-corrected chi connectivity index (χ1v) is 6.77. The van der Waals surface area contributed by atoms with Crippen LogP contribution in [0.15, 0.2) is 40.9 Å². The van der Waals surface area contributed by atoms with Crippen molar-refractivity contribution in [1.82, 2.24) is 0 Å². The molecular weight excluding hydrogens is 345 g/mol. The summed E-state index contributed by atoms with van der Waals surface area (Å²) >= 11 is 3.13. The van der Waals surface area contributed by atoms with Crippen LogP contribution < -0.4 is 4.74 Å². The predicted molar refractivity (Wildman–Crippen MR) is 77.9 cm³/mol. The average molecular weight is 356 g/mol. The molecule has 2 rings (SSSR count). The Morgan fingerprint density at radius 1 is 1.38 bits per heavy atom. The molecule has 110 valence electrons. The number of hydrogen-bond acceptors (Lipinski definition) is 4. The second-order valence-electron chi connectivity index (χ2n) is 4.31. The van der Waals surface area contributed by atoms with Gasteiger partial charge in [0.25, 0.3) is 0 Å². The number of hydrogen-bond donors (Lipinski definition) is 1. The summed E-state index contributed by atoms with van der Waals surface area (Å²) in [5.41, 5.74) is -0.0867. The molecule has 2 aromatic carbocycles. The topological polar surface area (TPSA) is 72.6 Å². The second-order valence-corrected chi connectivity index (χ2v) is 5.22. The first-order valence-electron chi connectivity index (χ1n) is 5.98. The summed E-state index contributed by atoms with van der Waals surface area (Å²) in [5.74, 6) is -1.03. The fraction of sp³-hybridized carbons (Fsp3) is 0.143. The molecule has 1 atom stereocenters. The van der Waals surface area contributed by atoms with Crippen molar-refractivity contribution in [2.75, 3.05) is 0 Å². The number of nitrogens with zero attached hydrogens (tertiary/aromatic N) is 1. The summed E-state index contributed by atoms with van der Waals surface area (Å²) < 4.78 is 19.7. The van der Waals surface area contributed by atoms with Gasteiger partial charge in [0.15, 0.2) is 11.6 Å². The number of aliphatic hydroxyl groups is 1. The van der Waals surface area contributed by atoms with E-state index in [0.29, 0.717) is 4.47 Å². The number of para-hydroxylation sites is 1. The Morgan fingerprint density at radius 3 is 2.71 bits per heavy atom. The average Bonchev–Trinajstić information content (AvgIpc) is 2.42. The van der Waals surface area contributed by atoms with Crippen molar-refractivity contribution in [3.63, 3.8) is 0 Å². The number of nitro groups is 1. The van der Waals surface area contributed by atoms with Gasteiger partial charge in [-0.15, -0.1) is 0 Å². The molecule has 7 heteroatoms. The highest BCUT2D eigenvalue weighted by Crippen LogP contribution is 2.37. The van der Waals surface area contributed by atoms with Crippen molar-refractivity contribution in [2.24, 2.45) is 0 Å². The monoisotopic (exact) mass is 355 g/mol. The first kappa shape index (κ1) is 15.4. The number of benzene rings is 2.